The van der Waals surface area contributed by atoms with Crippen LogP contribution in [0.5, 0.6) is 0 Å². The van der Waals surface area contributed by atoms with Crippen LogP contribution >= 0.6 is 0 Å². The van der Waals surface area contributed by atoms with Gasteiger partial charge in [0.05, 0.1) is 0 Å². The van der Waals surface area contributed by atoms with Crippen LogP contribution in [0.4, 0.5) is 5.95 Å². The third kappa shape index (κ3) is 0.540. The molecule has 2 N–H and O–H groups in total. The third-order valence-electron chi connectivity index (χ3n) is 1.15. The van der Waals surface area contributed by atoms with Crippen molar-refractivity contribution in [1.82, 2.24) is 19.8 Å². The van der Waals surface area contributed by atoms with Crippen LogP contribution < -0.4 is 5.73 Å². The summed E-state index contributed by atoms with van der Waals surface area (Å²) in [6, 6.07) is 3.39. The maximum atomic E-state index is 5.38. The maximum absolute atomic E-state index is 5.38. The minimum atomic E-state index is 0.284. The number of aromatic nitrogens is 4. The molecule has 0 aliphatic heterocycles. The second kappa shape index (κ2) is 1.66. The average molecular weight is 134 g/mol. The van der Waals surface area contributed by atoms with E-state index in [4.69, 9.17) is 5.73 Å². The summed E-state index contributed by atoms with van der Waals surface area (Å²) in [7, 11) is 0. The summed E-state index contributed by atoms with van der Waals surface area (Å²) in [6.45, 7) is 0. The maximum Gasteiger partial charge on any atom is 0.243 e. The van der Waals surface area contributed by atoms with Crippen molar-refractivity contribution in [3.8, 4) is 0 Å². The molecule has 2 heterocycles. The topological polar surface area (TPSA) is 69.1 Å². The highest BCUT2D eigenvalue weighted by Gasteiger charge is 1.97. The van der Waals surface area contributed by atoms with Crippen LogP contribution in [0, 0.1) is 6.20 Å². The van der Waals surface area contributed by atoms with Crippen molar-refractivity contribution in [2.24, 2.45) is 0 Å². The van der Waals surface area contributed by atoms with Crippen molar-refractivity contribution in [1.29, 1.82) is 0 Å². The molecule has 10 heavy (non-hydrogen) atoms. The summed E-state index contributed by atoms with van der Waals surface area (Å²) in [5.41, 5.74) is 6.02. The Bertz CT molecular complexity index is 352. The zero-order valence-corrected chi connectivity index (χ0v) is 5.02. The summed E-state index contributed by atoms with van der Waals surface area (Å²) < 4.78 is 1.42. The molecule has 0 saturated heterocycles. The van der Waals surface area contributed by atoms with Gasteiger partial charge in [0.1, 0.15) is 6.20 Å². The molecule has 0 fully saturated rings. The Morgan fingerprint density at radius 2 is 2.40 bits per heavy atom. The molecule has 2 aromatic heterocycles. The summed E-state index contributed by atoms with van der Waals surface area (Å²) in [5, 5.41) is 11.1. The molecule has 1 radical (unpaired) electrons. The second-order valence-electron chi connectivity index (χ2n) is 1.79. The summed E-state index contributed by atoms with van der Waals surface area (Å²) in [4.78, 5) is 0. The molecule has 5 heteroatoms. The lowest BCUT2D eigenvalue weighted by Gasteiger charge is -1.87. The number of fused-ring (bicyclic) bond motifs is 1. The minimum absolute atomic E-state index is 0.284. The quantitative estimate of drug-likeness (QED) is 0.527. The lowest BCUT2D eigenvalue weighted by atomic mass is 10.6. The number of rotatable bonds is 0. The molecule has 0 aromatic carbocycles. The van der Waals surface area contributed by atoms with Gasteiger partial charge >= 0.3 is 0 Å². The monoisotopic (exact) mass is 134 g/mol. The van der Waals surface area contributed by atoms with Crippen LogP contribution in [-0.4, -0.2) is 19.8 Å². The Balaban J connectivity index is 2.93. The van der Waals surface area contributed by atoms with Gasteiger partial charge in [-0.15, -0.1) is 10.2 Å². The number of nitrogen functional groups attached to an aromatic ring is 1. The van der Waals surface area contributed by atoms with E-state index in [0.717, 1.165) is 0 Å². The average Bonchev–Trinajstić information content (AvgIpc) is 2.34. The third-order valence-corrected chi connectivity index (χ3v) is 1.15. The first kappa shape index (κ1) is 5.16. The van der Waals surface area contributed by atoms with E-state index in [9.17, 15) is 0 Å². The number of hydrogen-bond donors (Lipinski definition) is 1. The molecule has 0 aliphatic carbocycles. The van der Waals surface area contributed by atoms with Gasteiger partial charge in [0.25, 0.3) is 0 Å². The Kier molecular flexibility index (Phi) is 0.858. The zero-order valence-electron chi connectivity index (χ0n) is 5.02. The Labute approximate surface area is 56.5 Å². The Morgan fingerprint density at radius 3 is 3.20 bits per heavy atom. The van der Waals surface area contributed by atoms with E-state index in [1.54, 1.807) is 12.1 Å². The van der Waals surface area contributed by atoms with Crippen LogP contribution in [0.1, 0.15) is 0 Å². The predicted molar refractivity (Wildman–Crippen MR) is 34.0 cm³/mol. The van der Waals surface area contributed by atoms with Gasteiger partial charge in [-0.3, -0.25) is 0 Å². The lowest BCUT2D eigenvalue weighted by molar-refractivity contribution is 0.934. The zero-order chi connectivity index (χ0) is 6.97. The first-order valence-corrected chi connectivity index (χ1v) is 2.72. The molecule has 49 valence electrons. The Morgan fingerprint density at radius 1 is 1.50 bits per heavy atom. The highest BCUT2D eigenvalue weighted by Crippen LogP contribution is 1.98. The van der Waals surface area contributed by atoms with E-state index in [-0.39, 0.29) is 5.95 Å². The smallest absolute Gasteiger partial charge is 0.243 e. The van der Waals surface area contributed by atoms with Crippen molar-refractivity contribution in [2.75, 3.05) is 5.73 Å². The van der Waals surface area contributed by atoms with Crippen molar-refractivity contribution in [3.63, 3.8) is 0 Å². The molecule has 0 aliphatic rings. The molecule has 5 nitrogen and oxygen atoms in total. The first-order valence-electron chi connectivity index (χ1n) is 2.72. The molecule has 0 saturated carbocycles. The van der Waals surface area contributed by atoms with Crippen LogP contribution in [0.15, 0.2) is 12.1 Å². The van der Waals surface area contributed by atoms with Gasteiger partial charge in [0, 0.05) is 0 Å². The minimum Gasteiger partial charge on any atom is -0.366 e. The molecule has 2 rings (SSSR count). The van der Waals surface area contributed by atoms with E-state index in [1.165, 1.54) is 4.52 Å². The normalized spacial score (nSPS) is 10.4. The van der Waals surface area contributed by atoms with E-state index in [0.29, 0.717) is 5.65 Å². The van der Waals surface area contributed by atoms with E-state index in [2.05, 4.69) is 21.5 Å². The highest BCUT2D eigenvalue weighted by atomic mass is 15.4. The number of nitrogens with two attached hydrogens (primary N) is 1. The van der Waals surface area contributed by atoms with Gasteiger partial charge in [0.2, 0.25) is 5.95 Å². The number of nitrogens with zero attached hydrogens (tertiary/aromatic N) is 4. The van der Waals surface area contributed by atoms with Gasteiger partial charge in [-0.05, 0) is 12.1 Å². The molecule has 0 spiro atoms. The lowest BCUT2D eigenvalue weighted by Crippen LogP contribution is -1.96. The van der Waals surface area contributed by atoms with E-state index < -0.39 is 0 Å². The second-order valence-corrected chi connectivity index (χ2v) is 1.79. The van der Waals surface area contributed by atoms with Crippen LogP contribution in [-0.2, 0) is 0 Å². The van der Waals surface area contributed by atoms with Gasteiger partial charge in [0.15, 0.2) is 5.65 Å². The van der Waals surface area contributed by atoms with Gasteiger partial charge in [-0.25, -0.2) is 0 Å². The van der Waals surface area contributed by atoms with Gasteiger partial charge < -0.3 is 5.73 Å². The predicted octanol–water partition coefficient (Wildman–Crippen LogP) is -0.493. The van der Waals surface area contributed by atoms with Crippen molar-refractivity contribution >= 4 is 11.6 Å². The SMILES string of the molecule is Nc1nnc2cc[c]nn12. The first-order chi connectivity index (χ1) is 4.88. The van der Waals surface area contributed by atoms with E-state index >= 15 is 0 Å². The Hall–Kier alpha value is -1.65. The highest BCUT2D eigenvalue weighted by molar-refractivity contribution is 5.39. The fraction of sp³-hybridized carbons (Fsp3) is 0. The molecular formula is C5H4N5. The van der Waals surface area contributed by atoms with Crippen molar-refractivity contribution in [2.45, 2.75) is 0 Å². The molecule has 0 unspecified atom stereocenters. The van der Waals surface area contributed by atoms with Crippen LogP contribution in [0.3, 0.4) is 0 Å². The van der Waals surface area contributed by atoms with Gasteiger partial charge in [-0.2, -0.15) is 9.61 Å². The van der Waals surface area contributed by atoms with Crippen molar-refractivity contribution in [3.05, 3.63) is 18.3 Å². The fourth-order valence-electron chi connectivity index (χ4n) is 0.714. The summed E-state index contributed by atoms with van der Waals surface area (Å²) in [5.74, 6) is 0.284. The molecule has 0 amide bonds. The standard InChI is InChI=1S/C5H4N5/c6-5-9-8-4-2-1-3-7-10(4)5/h1-2H,(H2,6,9). The molecule has 0 atom stereocenters. The molecule has 0 bridgehead atoms. The van der Waals surface area contributed by atoms with Crippen LogP contribution in [0.2, 0.25) is 0 Å². The molecular weight excluding hydrogens is 130 g/mol. The molecule has 2 aromatic rings. The van der Waals surface area contributed by atoms with Gasteiger partial charge in [-0.1, -0.05) is 0 Å². The van der Waals surface area contributed by atoms with Crippen molar-refractivity contribution < 1.29 is 0 Å². The number of hydrogen-bond acceptors (Lipinski definition) is 4. The largest absolute Gasteiger partial charge is 0.366 e. The van der Waals surface area contributed by atoms with Crippen LogP contribution in [0.25, 0.3) is 5.65 Å². The number of anilines is 1. The summed E-state index contributed by atoms with van der Waals surface area (Å²) >= 11 is 0. The summed E-state index contributed by atoms with van der Waals surface area (Å²) in [6.07, 6.45) is 2.62. The fourth-order valence-corrected chi connectivity index (χ4v) is 0.714. The van der Waals surface area contributed by atoms with E-state index in [1.807, 2.05) is 0 Å².